The van der Waals surface area contributed by atoms with Crippen LogP contribution in [0.4, 0.5) is 0 Å². The van der Waals surface area contributed by atoms with Crippen molar-refractivity contribution in [3.05, 3.63) is 12.2 Å². The third-order valence-electron chi connectivity index (χ3n) is 3.09. The van der Waals surface area contributed by atoms with Crippen molar-refractivity contribution in [1.82, 2.24) is 20.1 Å². The number of nitrogens with one attached hydrogen (secondary N) is 1. The second kappa shape index (κ2) is 5.41. The highest BCUT2D eigenvalue weighted by molar-refractivity contribution is 4.93. The van der Waals surface area contributed by atoms with Crippen LogP contribution >= 0.6 is 0 Å². The molecule has 2 rings (SSSR count). The lowest BCUT2D eigenvalue weighted by atomic mass is 10.0. The van der Waals surface area contributed by atoms with Crippen molar-refractivity contribution in [2.45, 2.75) is 38.3 Å². The zero-order valence-electron chi connectivity index (χ0n) is 10.0. The SMILES string of the molecule is CCNC(Cc1ncnn1C)C1CCCO1. The third kappa shape index (κ3) is 2.59. The van der Waals surface area contributed by atoms with Gasteiger partial charge in [-0.1, -0.05) is 6.92 Å². The maximum atomic E-state index is 5.74. The molecule has 1 aromatic rings. The van der Waals surface area contributed by atoms with Crippen molar-refractivity contribution in [2.75, 3.05) is 13.2 Å². The molecule has 1 N–H and O–H groups in total. The summed E-state index contributed by atoms with van der Waals surface area (Å²) in [4.78, 5) is 4.27. The van der Waals surface area contributed by atoms with Crippen LogP contribution in [0.25, 0.3) is 0 Å². The average Bonchev–Trinajstić information content (AvgIpc) is 2.90. The zero-order valence-corrected chi connectivity index (χ0v) is 10.0. The second-order valence-electron chi connectivity index (χ2n) is 4.22. The molecule has 2 atom stereocenters. The zero-order chi connectivity index (χ0) is 11.4. The molecule has 0 saturated carbocycles. The molecule has 1 fully saturated rings. The van der Waals surface area contributed by atoms with Crippen LogP contribution in [0.15, 0.2) is 6.33 Å². The predicted molar refractivity (Wildman–Crippen MR) is 61.1 cm³/mol. The van der Waals surface area contributed by atoms with Gasteiger partial charge in [-0.15, -0.1) is 0 Å². The van der Waals surface area contributed by atoms with Gasteiger partial charge in [0.2, 0.25) is 0 Å². The van der Waals surface area contributed by atoms with E-state index in [4.69, 9.17) is 4.74 Å². The topological polar surface area (TPSA) is 52.0 Å². The van der Waals surface area contributed by atoms with E-state index in [0.29, 0.717) is 12.1 Å². The van der Waals surface area contributed by atoms with Gasteiger partial charge in [-0.05, 0) is 19.4 Å². The van der Waals surface area contributed by atoms with Crippen molar-refractivity contribution in [3.63, 3.8) is 0 Å². The summed E-state index contributed by atoms with van der Waals surface area (Å²) in [7, 11) is 1.93. The van der Waals surface area contributed by atoms with Crippen LogP contribution in [0.5, 0.6) is 0 Å². The fraction of sp³-hybridized carbons (Fsp3) is 0.818. The molecule has 1 aliphatic rings. The fourth-order valence-electron chi connectivity index (χ4n) is 2.22. The molecule has 5 nitrogen and oxygen atoms in total. The summed E-state index contributed by atoms with van der Waals surface area (Å²) in [5.41, 5.74) is 0. The Balaban J connectivity index is 1.99. The van der Waals surface area contributed by atoms with Crippen LogP contribution in [-0.4, -0.2) is 40.1 Å². The van der Waals surface area contributed by atoms with Gasteiger partial charge in [0.05, 0.1) is 6.10 Å². The molecule has 2 heterocycles. The normalized spacial score (nSPS) is 22.5. The number of rotatable bonds is 5. The molecular weight excluding hydrogens is 204 g/mol. The summed E-state index contributed by atoms with van der Waals surface area (Å²) < 4.78 is 7.57. The van der Waals surface area contributed by atoms with Gasteiger partial charge in [-0.3, -0.25) is 4.68 Å². The predicted octanol–water partition coefficient (Wildman–Crippen LogP) is 0.515. The number of likely N-dealkylation sites (N-methyl/N-ethyl adjacent to an activating group) is 1. The summed E-state index contributed by atoms with van der Waals surface area (Å²) >= 11 is 0. The van der Waals surface area contributed by atoms with E-state index < -0.39 is 0 Å². The summed E-state index contributed by atoms with van der Waals surface area (Å²) in [5.74, 6) is 1.02. The molecule has 0 amide bonds. The highest BCUT2D eigenvalue weighted by Gasteiger charge is 2.26. The first-order chi connectivity index (χ1) is 7.81. The molecule has 90 valence electrons. The van der Waals surface area contributed by atoms with E-state index >= 15 is 0 Å². The van der Waals surface area contributed by atoms with Crippen LogP contribution in [0.3, 0.4) is 0 Å². The van der Waals surface area contributed by atoms with E-state index in [-0.39, 0.29) is 0 Å². The highest BCUT2D eigenvalue weighted by atomic mass is 16.5. The molecular formula is C11H20N4O. The first-order valence-corrected chi connectivity index (χ1v) is 5.99. The molecule has 5 heteroatoms. The van der Waals surface area contributed by atoms with Gasteiger partial charge in [0.1, 0.15) is 12.2 Å². The molecule has 0 spiro atoms. The Morgan fingerprint density at radius 3 is 3.12 bits per heavy atom. The maximum absolute atomic E-state index is 5.74. The Hall–Kier alpha value is -0.940. The number of ether oxygens (including phenoxy) is 1. The van der Waals surface area contributed by atoms with Crippen molar-refractivity contribution < 1.29 is 4.74 Å². The van der Waals surface area contributed by atoms with Crippen LogP contribution in [0, 0.1) is 0 Å². The van der Waals surface area contributed by atoms with Gasteiger partial charge >= 0.3 is 0 Å². The minimum atomic E-state index is 0.330. The van der Waals surface area contributed by atoms with E-state index in [0.717, 1.165) is 31.8 Å². The lowest BCUT2D eigenvalue weighted by Crippen LogP contribution is -2.41. The maximum Gasteiger partial charge on any atom is 0.138 e. The van der Waals surface area contributed by atoms with E-state index in [1.165, 1.54) is 6.42 Å². The standard InChI is InChI=1S/C11H20N4O/c1-3-12-9(10-5-4-6-16-10)7-11-13-8-14-15(11)2/h8-10,12H,3-7H2,1-2H3. The molecule has 0 bridgehead atoms. The van der Waals surface area contributed by atoms with Crippen LogP contribution in [0.2, 0.25) is 0 Å². The summed E-state index contributed by atoms with van der Waals surface area (Å²) in [6.07, 6.45) is 5.14. The van der Waals surface area contributed by atoms with Gasteiger partial charge in [0.15, 0.2) is 0 Å². The average molecular weight is 224 g/mol. The van der Waals surface area contributed by atoms with E-state index in [2.05, 4.69) is 22.3 Å². The summed E-state index contributed by atoms with van der Waals surface area (Å²) in [6, 6.07) is 0.357. The Kier molecular flexibility index (Phi) is 3.90. The number of hydrogen-bond acceptors (Lipinski definition) is 4. The number of aromatic nitrogens is 3. The van der Waals surface area contributed by atoms with Crippen molar-refractivity contribution in [1.29, 1.82) is 0 Å². The first-order valence-electron chi connectivity index (χ1n) is 5.99. The fourth-order valence-corrected chi connectivity index (χ4v) is 2.22. The van der Waals surface area contributed by atoms with Gasteiger partial charge in [0.25, 0.3) is 0 Å². The van der Waals surface area contributed by atoms with Gasteiger partial charge in [-0.2, -0.15) is 5.10 Å². The van der Waals surface area contributed by atoms with Crippen LogP contribution < -0.4 is 5.32 Å². The monoisotopic (exact) mass is 224 g/mol. The minimum absolute atomic E-state index is 0.330. The lowest BCUT2D eigenvalue weighted by Gasteiger charge is -2.23. The van der Waals surface area contributed by atoms with Gasteiger partial charge in [0, 0.05) is 26.1 Å². The number of hydrogen-bond donors (Lipinski definition) is 1. The van der Waals surface area contributed by atoms with Crippen LogP contribution in [-0.2, 0) is 18.2 Å². The quantitative estimate of drug-likeness (QED) is 0.792. The van der Waals surface area contributed by atoms with Crippen LogP contribution in [0.1, 0.15) is 25.6 Å². The van der Waals surface area contributed by atoms with Gasteiger partial charge in [-0.25, -0.2) is 4.98 Å². The van der Waals surface area contributed by atoms with Crippen molar-refractivity contribution in [3.8, 4) is 0 Å². The number of aryl methyl sites for hydroxylation is 1. The molecule has 0 aliphatic carbocycles. The Morgan fingerprint density at radius 2 is 2.56 bits per heavy atom. The Morgan fingerprint density at radius 1 is 1.69 bits per heavy atom. The largest absolute Gasteiger partial charge is 0.377 e. The van der Waals surface area contributed by atoms with Crippen molar-refractivity contribution >= 4 is 0 Å². The van der Waals surface area contributed by atoms with E-state index in [9.17, 15) is 0 Å². The first kappa shape index (κ1) is 11.5. The molecule has 0 radical (unpaired) electrons. The molecule has 2 unspecified atom stereocenters. The summed E-state index contributed by atoms with van der Waals surface area (Å²) in [6.45, 7) is 3.98. The molecule has 1 saturated heterocycles. The second-order valence-corrected chi connectivity index (χ2v) is 4.22. The van der Waals surface area contributed by atoms with E-state index in [1.807, 2.05) is 11.7 Å². The van der Waals surface area contributed by atoms with Crippen molar-refractivity contribution in [2.24, 2.45) is 7.05 Å². The smallest absolute Gasteiger partial charge is 0.138 e. The molecule has 1 aromatic heterocycles. The van der Waals surface area contributed by atoms with E-state index in [1.54, 1.807) is 6.33 Å². The number of nitrogens with zero attached hydrogens (tertiary/aromatic N) is 3. The molecule has 16 heavy (non-hydrogen) atoms. The lowest BCUT2D eigenvalue weighted by molar-refractivity contribution is 0.0780. The molecule has 0 aromatic carbocycles. The summed E-state index contributed by atoms with van der Waals surface area (Å²) in [5, 5.41) is 7.58. The third-order valence-corrected chi connectivity index (χ3v) is 3.09. The molecule has 1 aliphatic heterocycles. The minimum Gasteiger partial charge on any atom is -0.377 e. The Bertz CT molecular complexity index is 320. The van der Waals surface area contributed by atoms with Gasteiger partial charge < -0.3 is 10.1 Å². The Labute approximate surface area is 96.2 Å². The highest BCUT2D eigenvalue weighted by Crippen LogP contribution is 2.17.